The van der Waals surface area contributed by atoms with E-state index in [0.717, 1.165) is 0 Å². The Morgan fingerprint density at radius 1 is 1.31 bits per heavy atom. The second-order valence-corrected chi connectivity index (χ2v) is 11.4. The number of alkyl halides is 1. The van der Waals surface area contributed by atoms with Gasteiger partial charge in [-0.2, -0.15) is 0 Å². The molecule has 1 aliphatic rings. The van der Waals surface area contributed by atoms with Gasteiger partial charge in [-0.25, -0.2) is 0 Å². The third-order valence-electron chi connectivity index (χ3n) is 2.59. The summed E-state index contributed by atoms with van der Waals surface area (Å²) in [7, 11) is -1.09. The summed E-state index contributed by atoms with van der Waals surface area (Å²) in [5, 5.41) is 1.63. The van der Waals surface area contributed by atoms with Gasteiger partial charge in [-0.3, -0.25) is 0 Å². The van der Waals surface area contributed by atoms with E-state index in [-0.39, 0.29) is 0 Å². The Bertz CT molecular complexity index is 258. The lowest BCUT2D eigenvalue weighted by Crippen LogP contribution is -2.27. The standard InChI is InChI=1S/C11H19ISi/c1-8-6-10(13(3,4)5)7-9(2)11(8)12/h6-8,11H,1-5H3. The van der Waals surface area contributed by atoms with E-state index in [1.54, 1.807) is 10.8 Å². The van der Waals surface area contributed by atoms with Crippen molar-refractivity contribution in [3.8, 4) is 0 Å². The van der Waals surface area contributed by atoms with Crippen molar-refractivity contribution < 1.29 is 0 Å². The molecule has 1 rings (SSSR count). The quantitative estimate of drug-likeness (QED) is 0.387. The van der Waals surface area contributed by atoms with Crippen LogP contribution in [0.3, 0.4) is 0 Å². The van der Waals surface area contributed by atoms with Gasteiger partial charge in [0.2, 0.25) is 0 Å². The SMILES string of the molecule is CC1=CC([Si](C)(C)C)=CC(C)C1I. The van der Waals surface area contributed by atoms with Crippen molar-refractivity contribution in [1.29, 1.82) is 0 Å². The Balaban J connectivity index is 2.98. The average Bonchev–Trinajstić information content (AvgIpc) is 1.97. The first-order chi connectivity index (χ1) is 5.82. The minimum Gasteiger partial charge on any atom is -0.0811 e. The van der Waals surface area contributed by atoms with Crippen molar-refractivity contribution in [2.45, 2.75) is 37.4 Å². The maximum atomic E-state index is 2.55. The molecule has 0 amide bonds. The second-order valence-electron chi connectivity index (χ2n) is 5.02. The highest BCUT2D eigenvalue weighted by Crippen LogP contribution is 2.32. The Kier molecular flexibility index (Phi) is 3.44. The van der Waals surface area contributed by atoms with Gasteiger partial charge in [-0.1, -0.05) is 72.1 Å². The molecule has 0 aromatic carbocycles. The summed E-state index contributed by atoms with van der Waals surface area (Å²) in [4.78, 5) is 0. The van der Waals surface area contributed by atoms with Gasteiger partial charge in [-0.05, 0) is 12.8 Å². The molecule has 0 aromatic heterocycles. The molecule has 0 aromatic rings. The predicted molar refractivity (Wildman–Crippen MR) is 72.2 cm³/mol. The summed E-state index contributed by atoms with van der Waals surface area (Å²) in [5.41, 5.74) is 1.55. The number of halogens is 1. The monoisotopic (exact) mass is 306 g/mol. The van der Waals surface area contributed by atoms with E-state index in [1.807, 2.05) is 0 Å². The van der Waals surface area contributed by atoms with Crippen LogP contribution in [0.25, 0.3) is 0 Å². The molecule has 0 fully saturated rings. The third-order valence-corrected chi connectivity index (χ3v) is 6.75. The normalized spacial score (nSPS) is 29.7. The molecule has 0 aliphatic heterocycles. The van der Waals surface area contributed by atoms with E-state index < -0.39 is 8.07 Å². The van der Waals surface area contributed by atoms with Crippen LogP contribution in [-0.2, 0) is 0 Å². The van der Waals surface area contributed by atoms with E-state index in [4.69, 9.17) is 0 Å². The molecule has 0 N–H and O–H groups in total. The van der Waals surface area contributed by atoms with Crippen LogP contribution in [0.4, 0.5) is 0 Å². The molecule has 0 saturated heterocycles. The molecule has 0 bridgehead atoms. The Morgan fingerprint density at radius 3 is 2.23 bits per heavy atom. The van der Waals surface area contributed by atoms with Crippen LogP contribution in [0.5, 0.6) is 0 Å². The topological polar surface area (TPSA) is 0 Å². The molecule has 0 spiro atoms. The Morgan fingerprint density at radius 2 is 1.85 bits per heavy atom. The van der Waals surface area contributed by atoms with Crippen molar-refractivity contribution in [2.75, 3.05) is 0 Å². The van der Waals surface area contributed by atoms with Gasteiger partial charge in [0.15, 0.2) is 0 Å². The lowest BCUT2D eigenvalue weighted by molar-refractivity contribution is 0.741. The van der Waals surface area contributed by atoms with E-state index in [9.17, 15) is 0 Å². The molecule has 13 heavy (non-hydrogen) atoms. The molecule has 2 unspecified atom stereocenters. The molecule has 2 heteroatoms. The van der Waals surface area contributed by atoms with Gasteiger partial charge in [0.1, 0.15) is 0 Å². The van der Waals surface area contributed by atoms with Crippen molar-refractivity contribution in [2.24, 2.45) is 5.92 Å². The highest BCUT2D eigenvalue weighted by Gasteiger charge is 2.25. The lowest BCUT2D eigenvalue weighted by Gasteiger charge is -2.28. The van der Waals surface area contributed by atoms with Crippen LogP contribution >= 0.6 is 22.6 Å². The fourth-order valence-electron chi connectivity index (χ4n) is 1.62. The lowest BCUT2D eigenvalue weighted by atomic mass is 9.97. The fourth-order valence-corrected chi connectivity index (χ4v) is 3.43. The predicted octanol–water partition coefficient (Wildman–Crippen LogP) is 4.19. The maximum Gasteiger partial charge on any atom is 0.0771 e. The fraction of sp³-hybridized carbons (Fsp3) is 0.636. The number of hydrogen-bond acceptors (Lipinski definition) is 0. The third kappa shape index (κ3) is 2.69. The highest BCUT2D eigenvalue weighted by molar-refractivity contribution is 14.1. The summed E-state index contributed by atoms with van der Waals surface area (Å²) < 4.78 is 0.706. The molecular formula is C11H19ISi. The number of rotatable bonds is 1. The molecule has 0 radical (unpaired) electrons. The summed E-state index contributed by atoms with van der Waals surface area (Å²) in [6, 6.07) is 0. The Labute approximate surface area is 96.6 Å². The Hall–Kier alpha value is 0.427. The summed E-state index contributed by atoms with van der Waals surface area (Å²) in [6.07, 6.45) is 4.90. The first kappa shape index (κ1) is 11.5. The van der Waals surface area contributed by atoms with Gasteiger partial charge in [0.25, 0.3) is 0 Å². The van der Waals surface area contributed by atoms with E-state index in [0.29, 0.717) is 9.84 Å². The van der Waals surface area contributed by atoms with Gasteiger partial charge >= 0.3 is 0 Å². The smallest absolute Gasteiger partial charge is 0.0771 e. The zero-order chi connectivity index (χ0) is 10.2. The van der Waals surface area contributed by atoms with Gasteiger partial charge in [-0.15, -0.1) is 0 Å². The largest absolute Gasteiger partial charge is 0.0811 e. The van der Waals surface area contributed by atoms with Crippen molar-refractivity contribution >= 4 is 30.7 Å². The van der Waals surface area contributed by atoms with Gasteiger partial charge in [0.05, 0.1) is 8.07 Å². The van der Waals surface area contributed by atoms with Crippen LogP contribution in [0.15, 0.2) is 22.9 Å². The van der Waals surface area contributed by atoms with Gasteiger partial charge < -0.3 is 0 Å². The zero-order valence-electron chi connectivity index (χ0n) is 9.19. The van der Waals surface area contributed by atoms with E-state index in [1.165, 1.54) is 0 Å². The van der Waals surface area contributed by atoms with Crippen molar-refractivity contribution in [3.05, 3.63) is 22.9 Å². The summed E-state index contributed by atoms with van der Waals surface area (Å²) in [6.45, 7) is 11.9. The first-order valence-electron chi connectivity index (χ1n) is 4.87. The minimum absolute atomic E-state index is 0.706. The van der Waals surface area contributed by atoms with E-state index >= 15 is 0 Å². The number of hydrogen-bond donors (Lipinski definition) is 0. The first-order valence-corrected chi connectivity index (χ1v) is 9.61. The van der Waals surface area contributed by atoms with Crippen LogP contribution in [0.2, 0.25) is 19.6 Å². The van der Waals surface area contributed by atoms with Crippen LogP contribution in [-0.4, -0.2) is 12.0 Å². The summed E-state index contributed by atoms with van der Waals surface area (Å²) >= 11 is 2.55. The van der Waals surface area contributed by atoms with Crippen LogP contribution < -0.4 is 0 Å². The molecular weight excluding hydrogens is 287 g/mol. The van der Waals surface area contributed by atoms with Crippen LogP contribution in [0.1, 0.15) is 13.8 Å². The maximum absolute atomic E-state index is 2.55. The molecule has 2 atom stereocenters. The molecule has 0 nitrogen and oxygen atoms in total. The zero-order valence-corrected chi connectivity index (χ0v) is 12.3. The van der Waals surface area contributed by atoms with Gasteiger partial charge in [0, 0.05) is 3.92 Å². The second kappa shape index (κ2) is 3.89. The average molecular weight is 306 g/mol. The van der Waals surface area contributed by atoms with E-state index in [2.05, 4.69) is 68.2 Å². The van der Waals surface area contributed by atoms with Crippen molar-refractivity contribution in [3.63, 3.8) is 0 Å². The molecule has 74 valence electrons. The molecule has 1 aliphatic carbocycles. The van der Waals surface area contributed by atoms with Crippen molar-refractivity contribution in [1.82, 2.24) is 0 Å². The molecule has 0 heterocycles. The number of allylic oxidation sites excluding steroid dienone is 4. The minimum atomic E-state index is -1.09. The molecule has 0 saturated carbocycles. The highest BCUT2D eigenvalue weighted by atomic mass is 127. The summed E-state index contributed by atoms with van der Waals surface area (Å²) in [5.74, 6) is 0.715. The van der Waals surface area contributed by atoms with Crippen LogP contribution in [0, 0.1) is 5.92 Å².